The molecule has 0 saturated carbocycles. The van der Waals surface area contributed by atoms with Crippen LogP contribution in [0.1, 0.15) is 25.2 Å². The van der Waals surface area contributed by atoms with E-state index >= 15 is 0 Å². The van der Waals surface area contributed by atoms with Crippen LogP contribution in [0.3, 0.4) is 0 Å². The summed E-state index contributed by atoms with van der Waals surface area (Å²) in [5, 5.41) is 17.5. The third kappa shape index (κ3) is 2.95. The molecule has 0 spiro atoms. The van der Waals surface area contributed by atoms with Gasteiger partial charge in [0.05, 0.1) is 29.6 Å². The van der Waals surface area contributed by atoms with Crippen LogP contribution in [0.4, 0.5) is 0 Å². The summed E-state index contributed by atoms with van der Waals surface area (Å²) in [4.78, 5) is 0. The molecular weight excluding hydrogens is 264 g/mol. The van der Waals surface area contributed by atoms with Crippen molar-refractivity contribution in [2.45, 2.75) is 33.0 Å². The minimum atomic E-state index is 0.440. The van der Waals surface area contributed by atoms with E-state index < -0.39 is 0 Å². The summed E-state index contributed by atoms with van der Waals surface area (Å²) in [5.41, 5.74) is 3.10. The summed E-state index contributed by atoms with van der Waals surface area (Å²) in [5.74, 6) is 0. The van der Waals surface area contributed by atoms with Crippen LogP contribution in [0.2, 0.25) is 0 Å². The van der Waals surface area contributed by atoms with Crippen molar-refractivity contribution in [3.8, 4) is 0 Å². The fraction of sp³-hybridized carbons (Fsp3) is 0.400. The quantitative estimate of drug-likeness (QED) is 0.775. The van der Waals surface area contributed by atoms with E-state index in [9.17, 15) is 0 Å². The van der Waals surface area contributed by atoms with Gasteiger partial charge in [-0.05, 0) is 6.07 Å². The number of benzene rings is 1. The first-order valence-corrected chi connectivity index (χ1v) is 7.16. The third-order valence-electron chi connectivity index (χ3n) is 3.42. The number of rotatable bonds is 5. The monoisotopic (exact) mass is 284 g/mol. The molecule has 3 aromatic rings. The second-order valence-electron chi connectivity index (χ2n) is 5.53. The van der Waals surface area contributed by atoms with E-state index in [0.29, 0.717) is 12.6 Å². The van der Waals surface area contributed by atoms with Crippen LogP contribution in [0, 0.1) is 0 Å². The van der Waals surface area contributed by atoms with E-state index in [0.717, 1.165) is 28.8 Å². The summed E-state index contributed by atoms with van der Waals surface area (Å²) in [6.07, 6.45) is 1.97. The highest BCUT2D eigenvalue weighted by Crippen LogP contribution is 2.18. The lowest BCUT2D eigenvalue weighted by Crippen LogP contribution is -2.21. The summed E-state index contributed by atoms with van der Waals surface area (Å²) in [7, 11) is 1.96. The van der Waals surface area contributed by atoms with Crippen LogP contribution in [-0.4, -0.2) is 30.8 Å². The Balaban J connectivity index is 1.79. The van der Waals surface area contributed by atoms with Gasteiger partial charge in [0.2, 0.25) is 0 Å². The first-order valence-electron chi connectivity index (χ1n) is 7.16. The van der Waals surface area contributed by atoms with Crippen molar-refractivity contribution in [1.29, 1.82) is 0 Å². The van der Waals surface area contributed by atoms with E-state index in [1.165, 1.54) is 0 Å². The van der Waals surface area contributed by atoms with Crippen LogP contribution in [0.5, 0.6) is 0 Å². The fourth-order valence-electron chi connectivity index (χ4n) is 2.36. The SMILES string of the molecule is CC(C)NCc1cn(Cc2nn(C)c3ccccc23)nn1. The molecule has 2 aromatic heterocycles. The van der Waals surface area contributed by atoms with Gasteiger partial charge in [-0.2, -0.15) is 5.10 Å². The number of aromatic nitrogens is 5. The highest BCUT2D eigenvalue weighted by Gasteiger charge is 2.09. The minimum Gasteiger partial charge on any atom is -0.309 e. The van der Waals surface area contributed by atoms with Gasteiger partial charge in [-0.1, -0.05) is 37.3 Å². The predicted octanol–water partition coefficient (Wildman–Crippen LogP) is 1.71. The molecule has 0 aliphatic heterocycles. The molecule has 0 aliphatic carbocycles. The van der Waals surface area contributed by atoms with Gasteiger partial charge in [0, 0.05) is 25.0 Å². The topological polar surface area (TPSA) is 60.6 Å². The fourth-order valence-corrected chi connectivity index (χ4v) is 2.36. The highest BCUT2D eigenvalue weighted by atomic mass is 15.4. The van der Waals surface area contributed by atoms with Crippen molar-refractivity contribution in [1.82, 2.24) is 30.1 Å². The number of aryl methyl sites for hydroxylation is 1. The molecule has 3 rings (SSSR count). The minimum absolute atomic E-state index is 0.440. The van der Waals surface area contributed by atoms with Crippen LogP contribution in [0.15, 0.2) is 30.5 Å². The van der Waals surface area contributed by atoms with Crippen LogP contribution in [-0.2, 0) is 20.1 Å². The Morgan fingerprint density at radius 1 is 1.24 bits per heavy atom. The number of para-hydroxylation sites is 1. The van der Waals surface area contributed by atoms with E-state index in [4.69, 9.17) is 0 Å². The molecule has 1 aromatic carbocycles. The first kappa shape index (κ1) is 13.8. The van der Waals surface area contributed by atoms with Crippen LogP contribution in [0.25, 0.3) is 10.9 Å². The number of nitrogens with zero attached hydrogens (tertiary/aromatic N) is 5. The molecule has 0 amide bonds. The maximum Gasteiger partial charge on any atom is 0.0965 e. The Morgan fingerprint density at radius 2 is 2.05 bits per heavy atom. The van der Waals surface area contributed by atoms with Crippen molar-refractivity contribution < 1.29 is 0 Å². The zero-order chi connectivity index (χ0) is 14.8. The number of nitrogens with one attached hydrogen (secondary N) is 1. The lowest BCUT2D eigenvalue weighted by Gasteiger charge is -2.04. The van der Waals surface area contributed by atoms with Crippen molar-refractivity contribution in [2.75, 3.05) is 0 Å². The van der Waals surface area contributed by atoms with Gasteiger partial charge >= 0.3 is 0 Å². The van der Waals surface area contributed by atoms with Gasteiger partial charge < -0.3 is 5.32 Å². The molecular formula is C15H20N6. The summed E-state index contributed by atoms with van der Waals surface area (Å²) in [6, 6.07) is 8.67. The molecule has 0 saturated heterocycles. The van der Waals surface area contributed by atoms with Gasteiger partial charge in [-0.15, -0.1) is 5.10 Å². The van der Waals surface area contributed by atoms with E-state index in [2.05, 4.69) is 46.7 Å². The van der Waals surface area contributed by atoms with Gasteiger partial charge in [-0.3, -0.25) is 4.68 Å². The molecule has 0 atom stereocenters. The predicted molar refractivity (Wildman–Crippen MR) is 81.8 cm³/mol. The lowest BCUT2D eigenvalue weighted by molar-refractivity contribution is 0.580. The number of hydrogen-bond acceptors (Lipinski definition) is 4. The zero-order valence-electron chi connectivity index (χ0n) is 12.6. The van der Waals surface area contributed by atoms with E-state index in [-0.39, 0.29) is 0 Å². The molecule has 0 aliphatic rings. The Labute approximate surface area is 123 Å². The first-order chi connectivity index (χ1) is 10.1. The Hall–Kier alpha value is -2.21. The third-order valence-corrected chi connectivity index (χ3v) is 3.42. The van der Waals surface area contributed by atoms with Gasteiger partial charge in [0.15, 0.2) is 0 Å². The molecule has 110 valence electrons. The highest BCUT2D eigenvalue weighted by molar-refractivity contribution is 5.81. The smallest absolute Gasteiger partial charge is 0.0965 e. The number of fused-ring (bicyclic) bond motifs is 1. The average molecular weight is 284 g/mol. The standard InChI is InChI=1S/C15H20N6/c1-11(2)16-8-12-9-21(19-17-12)10-14-13-6-4-5-7-15(13)20(3)18-14/h4-7,9,11,16H,8,10H2,1-3H3. The van der Waals surface area contributed by atoms with Crippen molar-refractivity contribution in [2.24, 2.45) is 7.05 Å². The number of hydrogen-bond donors (Lipinski definition) is 1. The molecule has 2 heterocycles. The van der Waals surface area contributed by atoms with Crippen molar-refractivity contribution in [3.05, 3.63) is 41.9 Å². The van der Waals surface area contributed by atoms with Gasteiger partial charge in [-0.25, -0.2) is 4.68 Å². The zero-order valence-corrected chi connectivity index (χ0v) is 12.6. The summed E-state index contributed by atoms with van der Waals surface area (Å²) >= 11 is 0. The molecule has 21 heavy (non-hydrogen) atoms. The molecule has 0 radical (unpaired) electrons. The maximum absolute atomic E-state index is 4.58. The second kappa shape index (κ2) is 5.65. The molecule has 0 unspecified atom stereocenters. The molecule has 1 N–H and O–H groups in total. The normalized spacial score (nSPS) is 11.6. The lowest BCUT2D eigenvalue weighted by atomic mass is 10.2. The Bertz CT molecular complexity index is 740. The van der Waals surface area contributed by atoms with Crippen LogP contribution >= 0.6 is 0 Å². The Morgan fingerprint density at radius 3 is 2.86 bits per heavy atom. The average Bonchev–Trinajstić information content (AvgIpc) is 3.03. The summed E-state index contributed by atoms with van der Waals surface area (Å²) in [6.45, 7) is 5.60. The van der Waals surface area contributed by atoms with Crippen LogP contribution < -0.4 is 5.32 Å². The van der Waals surface area contributed by atoms with Gasteiger partial charge in [0.1, 0.15) is 0 Å². The molecule has 0 bridgehead atoms. The largest absolute Gasteiger partial charge is 0.309 e. The van der Waals surface area contributed by atoms with Crippen molar-refractivity contribution in [3.63, 3.8) is 0 Å². The van der Waals surface area contributed by atoms with E-state index in [1.807, 2.05) is 34.7 Å². The molecule has 0 fully saturated rings. The molecule has 6 heteroatoms. The second-order valence-corrected chi connectivity index (χ2v) is 5.53. The summed E-state index contributed by atoms with van der Waals surface area (Å²) < 4.78 is 3.74. The van der Waals surface area contributed by atoms with E-state index in [1.54, 1.807) is 0 Å². The van der Waals surface area contributed by atoms with Gasteiger partial charge in [0.25, 0.3) is 0 Å². The maximum atomic E-state index is 4.58. The Kier molecular flexibility index (Phi) is 3.70. The molecule has 6 nitrogen and oxygen atoms in total. The van der Waals surface area contributed by atoms with Crippen molar-refractivity contribution >= 4 is 10.9 Å².